The molecule has 0 heterocycles. The van der Waals surface area contributed by atoms with Crippen molar-refractivity contribution >= 4 is 20.5 Å². The maximum absolute atomic E-state index is 2.14. The molecular formula is C4H14NSi2Zn. The fourth-order valence-corrected chi connectivity index (χ4v) is 0. The van der Waals surface area contributed by atoms with Gasteiger partial charge in [-0.2, -0.15) is 12.1 Å². The van der Waals surface area contributed by atoms with Gasteiger partial charge in [0.15, 0.2) is 0 Å². The molecule has 0 aliphatic carbocycles. The van der Waals surface area contributed by atoms with Crippen LogP contribution in [-0.4, -0.2) is 20.5 Å². The van der Waals surface area contributed by atoms with Crippen molar-refractivity contribution in [3.63, 3.8) is 0 Å². The SMILES string of the molecule is CC[SiH2-].CC[SiH2-].[N].[Zn+2]. The van der Waals surface area contributed by atoms with E-state index in [1.54, 1.807) is 0 Å². The molecule has 0 spiro atoms. The van der Waals surface area contributed by atoms with Crippen LogP contribution in [-0.2, 0) is 19.5 Å². The molecule has 45 valence electrons. The van der Waals surface area contributed by atoms with Gasteiger partial charge in [0.25, 0.3) is 0 Å². The van der Waals surface area contributed by atoms with Crippen molar-refractivity contribution in [3.8, 4) is 0 Å². The molecule has 4 heteroatoms. The van der Waals surface area contributed by atoms with Gasteiger partial charge >= 0.3 is 19.5 Å². The number of hydrogen-bond donors (Lipinski definition) is 0. The van der Waals surface area contributed by atoms with Crippen LogP contribution in [0.4, 0.5) is 0 Å². The molecular weight excluding hydrogens is 184 g/mol. The summed E-state index contributed by atoms with van der Waals surface area (Å²) in [5.41, 5.74) is 0. The van der Waals surface area contributed by atoms with Crippen LogP contribution < -0.4 is 6.15 Å². The van der Waals surface area contributed by atoms with Crippen LogP contribution in [0.5, 0.6) is 0 Å². The third-order valence-electron chi connectivity index (χ3n) is 0. The molecule has 0 aliphatic heterocycles. The van der Waals surface area contributed by atoms with Crippen molar-refractivity contribution in [1.82, 2.24) is 6.15 Å². The van der Waals surface area contributed by atoms with Crippen molar-refractivity contribution in [1.29, 1.82) is 0 Å². The summed E-state index contributed by atoms with van der Waals surface area (Å²) in [5, 5.41) is 0. The van der Waals surface area contributed by atoms with E-state index in [4.69, 9.17) is 0 Å². The van der Waals surface area contributed by atoms with E-state index in [1.807, 2.05) is 20.5 Å². The first-order valence-electron chi connectivity index (χ1n) is 2.41. The molecule has 0 saturated heterocycles. The van der Waals surface area contributed by atoms with Gasteiger partial charge in [0.2, 0.25) is 0 Å². The van der Waals surface area contributed by atoms with Crippen LogP contribution in [0, 0.1) is 0 Å². The Balaban J connectivity index is -0.0000000160. The zero-order valence-corrected chi connectivity index (χ0v) is 11.8. The Morgan fingerprint density at radius 2 is 1.00 bits per heavy atom. The van der Waals surface area contributed by atoms with Crippen LogP contribution in [0.25, 0.3) is 0 Å². The Kier molecular flexibility index (Phi) is 125. The molecule has 1 nitrogen and oxygen atoms in total. The van der Waals surface area contributed by atoms with Gasteiger partial charge in [-0.1, -0.05) is 13.8 Å². The first kappa shape index (κ1) is 23.0. The second-order valence-electron chi connectivity index (χ2n) is 1.000. The van der Waals surface area contributed by atoms with Crippen LogP contribution in [0.2, 0.25) is 12.1 Å². The van der Waals surface area contributed by atoms with Gasteiger partial charge in [-0.15, -0.1) is 0 Å². The van der Waals surface area contributed by atoms with Crippen molar-refractivity contribution in [2.45, 2.75) is 25.9 Å². The molecule has 3 radical (unpaired) electrons. The summed E-state index contributed by atoms with van der Waals surface area (Å²) in [6.45, 7) is 4.27. The normalized spacial score (nSPS) is 4.50. The Labute approximate surface area is 72.2 Å². The van der Waals surface area contributed by atoms with Gasteiger partial charge in [0.1, 0.15) is 0 Å². The van der Waals surface area contributed by atoms with Gasteiger partial charge in [-0.3, -0.25) is 20.5 Å². The minimum atomic E-state index is 0. The summed E-state index contributed by atoms with van der Waals surface area (Å²) < 4.78 is 0. The first-order chi connectivity index (χ1) is 2.83. The third-order valence-corrected chi connectivity index (χ3v) is 0. The number of nitrogens with zero attached hydrogens (tertiary/aromatic N) is 1. The van der Waals surface area contributed by atoms with Crippen molar-refractivity contribution in [3.05, 3.63) is 0 Å². The van der Waals surface area contributed by atoms with Gasteiger partial charge < -0.3 is 0 Å². The van der Waals surface area contributed by atoms with E-state index in [0.29, 0.717) is 0 Å². The predicted molar refractivity (Wildman–Crippen MR) is 40.2 cm³/mol. The minimum absolute atomic E-state index is 0. The fourth-order valence-electron chi connectivity index (χ4n) is 0. The molecule has 0 N–H and O–H groups in total. The van der Waals surface area contributed by atoms with Crippen LogP contribution in [0.1, 0.15) is 13.8 Å². The van der Waals surface area contributed by atoms with E-state index >= 15 is 0 Å². The summed E-state index contributed by atoms with van der Waals surface area (Å²) in [7, 11) is 3.95. The van der Waals surface area contributed by atoms with E-state index in [1.165, 1.54) is 12.1 Å². The molecule has 8 heavy (non-hydrogen) atoms. The average Bonchev–Trinajstić information content (AvgIpc) is 1.39. The first-order valence-corrected chi connectivity index (χ1v) is 4.41. The molecule has 0 aliphatic rings. The zero-order valence-electron chi connectivity index (χ0n) is 5.98. The Bertz CT molecular complexity index is 16.0. The molecule has 0 unspecified atom stereocenters. The molecule has 0 amide bonds. The van der Waals surface area contributed by atoms with Crippen molar-refractivity contribution < 1.29 is 19.5 Å². The topological polar surface area (TPSA) is 30.5 Å². The van der Waals surface area contributed by atoms with Crippen LogP contribution in [0.3, 0.4) is 0 Å². The molecule has 0 aromatic carbocycles. The van der Waals surface area contributed by atoms with Gasteiger partial charge in [-0.05, 0) is 0 Å². The summed E-state index contributed by atoms with van der Waals surface area (Å²) in [6.07, 6.45) is 0. The third kappa shape index (κ3) is 246. The maximum atomic E-state index is 2.14. The Hall–Kier alpha value is 1.02. The molecule has 0 aromatic rings. The summed E-state index contributed by atoms with van der Waals surface area (Å²) in [6, 6.07) is 2.56. The molecule has 0 aromatic heterocycles. The Morgan fingerprint density at radius 1 is 1.00 bits per heavy atom. The summed E-state index contributed by atoms with van der Waals surface area (Å²) in [4.78, 5) is 0. The molecule has 0 saturated carbocycles. The summed E-state index contributed by atoms with van der Waals surface area (Å²) >= 11 is 0. The van der Waals surface area contributed by atoms with E-state index < -0.39 is 0 Å². The second kappa shape index (κ2) is 43.4. The Morgan fingerprint density at radius 3 is 1.00 bits per heavy atom. The molecule has 0 rings (SSSR count). The fraction of sp³-hybridized carbons (Fsp3) is 1.00. The summed E-state index contributed by atoms with van der Waals surface area (Å²) in [5.74, 6) is 0. The quantitative estimate of drug-likeness (QED) is 0.475. The largest absolute Gasteiger partial charge is 2.00 e. The van der Waals surface area contributed by atoms with E-state index in [9.17, 15) is 0 Å². The predicted octanol–water partition coefficient (Wildman–Crippen LogP) is -0.368. The second-order valence-corrected chi connectivity index (χ2v) is 3.00. The van der Waals surface area contributed by atoms with E-state index in [-0.39, 0.29) is 25.6 Å². The zero-order chi connectivity index (χ0) is 5.41. The molecule has 0 bridgehead atoms. The van der Waals surface area contributed by atoms with Crippen molar-refractivity contribution in [2.75, 3.05) is 0 Å². The van der Waals surface area contributed by atoms with Gasteiger partial charge in [0.05, 0.1) is 0 Å². The smallest absolute Gasteiger partial charge is 0.297 e. The van der Waals surface area contributed by atoms with Crippen LogP contribution >= 0.6 is 0 Å². The standard InChI is InChI=1S/2C2H7Si.N.Zn/c2*1-2-3;;/h2*2-3H2,1H3;;/q2*-1;;+2. The minimum Gasteiger partial charge on any atom is -0.297 e. The van der Waals surface area contributed by atoms with E-state index in [2.05, 4.69) is 13.8 Å². The van der Waals surface area contributed by atoms with Gasteiger partial charge in [0, 0.05) is 6.15 Å². The maximum Gasteiger partial charge on any atom is 2.00 e. The van der Waals surface area contributed by atoms with E-state index in [0.717, 1.165) is 0 Å². The van der Waals surface area contributed by atoms with Gasteiger partial charge in [-0.25, -0.2) is 0 Å². The molecule has 0 fully saturated rings. The van der Waals surface area contributed by atoms with Crippen molar-refractivity contribution in [2.24, 2.45) is 0 Å². The average molecular weight is 198 g/mol. The number of rotatable bonds is 0. The monoisotopic (exact) mass is 196 g/mol. The number of hydrogen-bond acceptors (Lipinski definition) is 0. The molecule has 0 atom stereocenters. The van der Waals surface area contributed by atoms with Crippen LogP contribution in [0.15, 0.2) is 0 Å².